The summed E-state index contributed by atoms with van der Waals surface area (Å²) in [4.78, 5) is 1.50. The van der Waals surface area contributed by atoms with Crippen molar-refractivity contribution in [2.24, 2.45) is 0 Å². The predicted octanol–water partition coefficient (Wildman–Crippen LogP) is 3.81. The third kappa shape index (κ3) is 1.74. The van der Waals surface area contributed by atoms with Crippen LogP contribution in [0.2, 0.25) is 0 Å². The van der Waals surface area contributed by atoms with Crippen molar-refractivity contribution in [1.29, 1.82) is 0 Å². The molecule has 0 spiro atoms. The first-order valence-electron chi connectivity index (χ1n) is 5.70. The van der Waals surface area contributed by atoms with Gasteiger partial charge in [0.15, 0.2) is 0 Å². The van der Waals surface area contributed by atoms with Crippen LogP contribution in [0.5, 0.6) is 0 Å². The van der Waals surface area contributed by atoms with E-state index in [9.17, 15) is 0 Å². The molecule has 1 N–H and O–H groups in total. The van der Waals surface area contributed by atoms with E-state index in [4.69, 9.17) is 0 Å². The Labute approximate surface area is 100 Å². The fourth-order valence-corrected chi connectivity index (χ4v) is 3.19. The lowest BCUT2D eigenvalue weighted by molar-refractivity contribution is 0.707. The molecule has 1 aromatic heterocycles. The second kappa shape index (κ2) is 3.95. The minimum absolute atomic E-state index is 0.647. The molecule has 0 bridgehead atoms. The molecule has 0 saturated carbocycles. The molecule has 1 atom stereocenters. The van der Waals surface area contributed by atoms with Crippen molar-refractivity contribution in [3.05, 3.63) is 51.7 Å². The van der Waals surface area contributed by atoms with Crippen molar-refractivity contribution in [2.45, 2.75) is 19.3 Å². The van der Waals surface area contributed by atoms with Crippen LogP contribution in [0.3, 0.4) is 0 Å². The van der Waals surface area contributed by atoms with Gasteiger partial charge in [-0.15, -0.1) is 11.3 Å². The first kappa shape index (κ1) is 9.91. The van der Waals surface area contributed by atoms with Gasteiger partial charge in [-0.3, -0.25) is 0 Å². The average molecular weight is 229 g/mol. The van der Waals surface area contributed by atoms with Gasteiger partial charge in [0.05, 0.1) is 0 Å². The quantitative estimate of drug-likeness (QED) is 0.784. The van der Waals surface area contributed by atoms with Crippen LogP contribution in [0.4, 0.5) is 5.69 Å². The van der Waals surface area contributed by atoms with Gasteiger partial charge in [0.1, 0.15) is 0 Å². The highest BCUT2D eigenvalue weighted by Gasteiger charge is 2.20. The smallest absolute Gasteiger partial charge is 0.0373 e. The number of nitrogens with one attached hydrogen (secondary N) is 1. The monoisotopic (exact) mass is 229 g/mol. The van der Waals surface area contributed by atoms with Gasteiger partial charge in [-0.05, 0) is 36.4 Å². The lowest BCUT2D eigenvalue weighted by Gasteiger charge is -2.25. The van der Waals surface area contributed by atoms with Crippen molar-refractivity contribution in [1.82, 2.24) is 0 Å². The number of thiophene rings is 1. The van der Waals surface area contributed by atoms with Crippen molar-refractivity contribution < 1.29 is 0 Å². The van der Waals surface area contributed by atoms with Crippen LogP contribution >= 0.6 is 11.3 Å². The zero-order valence-corrected chi connectivity index (χ0v) is 10.2. The third-order valence-corrected chi connectivity index (χ3v) is 4.25. The number of aryl methyl sites for hydroxylation is 1. The molecule has 0 fully saturated rings. The predicted molar refractivity (Wildman–Crippen MR) is 70.4 cm³/mol. The lowest BCUT2D eigenvalue weighted by Crippen LogP contribution is -2.20. The summed E-state index contributed by atoms with van der Waals surface area (Å²) in [7, 11) is 0. The highest BCUT2D eigenvalue weighted by atomic mass is 32.1. The number of fused-ring (bicyclic) bond motifs is 1. The van der Waals surface area contributed by atoms with Crippen molar-refractivity contribution in [3.8, 4) is 0 Å². The Kier molecular flexibility index (Phi) is 2.44. The van der Waals surface area contributed by atoms with E-state index in [1.54, 1.807) is 0 Å². The number of hydrogen-bond acceptors (Lipinski definition) is 2. The van der Waals surface area contributed by atoms with Gasteiger partial charge < -0.3 is 5.32 Å². The van der Waals surface area contributed by atoms with Crippen LogP contribution in [-0.2, 0) is 6.42 Å². The van der Waals surface area contributed by atoms with Crippen molar-refractivity contribution >= 4 is 17.0 Å². The molecule has 2 heteroatoms. The standard InChI is InChI=1S/C14H15NS/c1-10-4-5-13-11(7-10)8-12(9-15-13)14-3-2-6-16-14/h2-7,12,15H,8-9H2,1H3. The number of benzene rings is 1. The van der Waals surface area contributed by atoms with Crippen LogP contribution < -0.4 is 5.32 Å². The third-order valence-electron chi connectivity index (χ3n) is 3.21. The van der Waals surface area contributed by atoms with Crippen LogP contribution in [0, 0.1) is 6.92 Å². The van der Waals surface area contributed by atoms with E-state index in [2.05, 4.69) is 48.0 Å². The van der Waals surface area contributed by atoms with Crippen molar-refractivity contribution in [3.63, 3.8) is 0 Å². The maximum Gasteiger partial charge on any atom is 0.0373 e. The Hall–Kier alpha value is -1.28. The Balaban J connectivity index is 1.91. The summed E-state index contributed by atoms with van der Waals surface area (Å²) in [6.07, 6.45) is 1.17. The van der Waals surface area contributed by atoms with Gasteiger partial charge in [-0.1, -0.05) is 23.8 Å². The van der Waals surface area contributed by atoms with E-state index in [0.29, 0.717) is 5.92 Å². The van der Waals surface area contributed by atoms with E-state index in [0.717, 1.165) is 6.54 Å². The summed E-state index contributed by atoms with van der Waals surface area (Å²) >= 11 is 1.87. The molecule has 1 nitrogen and oxygen atoms in total. The number of anilines is 1. The molecular formula is C14H15NS. The minimum atomic E-state index is 0.647. The second-order valence-electron chi connectivity index (χ2n) is 4.46. The molecule has 0 saturated heterocycles. The van der Waals surface area contributed by atoms with E-state index in [1.807, 2.05) is 11.3 Å². The highest BCUT2D eigenvalue weighted by Crippen LogP contribution is 2.32. The zero-order valence-electron chi connectivity index (χ0n) is 9.36. The van der Waals surface area contributed by atoms with Gasteiger partial charge in [-0.25, -0.2) is 0 Å². The molecule has 16 heavy (non-hydrogen) atoms. The zero-order chi connectivity index (χ0) is 11.0. The number of hydrogen-bond donors (Lipinski definition) is 1. The van der Waals surface area contributed by atoms with E-state index >= 15 is 0 Å². The van der Waals surface area contributed by atoms with Gasteiger partial charge in [-0.2, -0.15) is 0 Å². The van der Waals surface area contributed by atoms with Gasteiger partial charge in [0.25, 0.3) is 0 Å². The topological polar surface area (TPSA) is 12.0 Å². The first-order valence-corrected chi connectivity index (χ1v) is 6.58. The molecule has 0 aliphatic carbocycles. The molecule has 2 heterocycles. The lowest BCUT2D eigenvalue weighted by atomic mass is 9.92. The molecule has 1 unspecified atom stereocenters. The summed E-state index contributed by atoms with van der Waals surface area (Å²) in [6, 6.07) is 11.1. The molecule has 0 radical (unpaired) electrons. The van der Waals surface area contributed by atoms with Crippen LogP contribution in [-0.4, -0.2) is 6.54 Å². The average Bonchev–Trinajstić information content (AvgIpc) is 2.81. The highest BCUT2D eigenvalue weighted by molar-refractivity contribution is 7.10. The molecular weight excluding hydrogens is 214 g/mol. The summed E-state index contributed by atoms with van der Waals surface area (Å²) in [5, 5.41) is 5.70. The fraction of sp³-hybridized carbons (Fsp3) is 0.286. The van der Waals surface area contributed by atoms with Gasteiger partial charge in [0.2, 0.25) is 0 Å². The number of rotatable bonds is 1. The summed E-state index contributed by atoms with van der Waals surface area (Å²) in [5.41, 5.74) is 4.13. The molecule has 0 amide bonds. The largest absolute Gasteiger partial charge is 0.384 e. The van der Waals surface area contributed by atoms with Crippen LogP contribution in [0.15, 0.2) is 35.7 Å². The summed E-state index contributed by atoms with van der Waals surface area (Å²) in [5.74, 6) is 0.647. The minimum Gasteiger partial charge on any atom is -0.384 e. The fourth-order valence-electron chi connectivity index (χ4n) is 2.36. The maximum absolute atomic E-state index is 3.53. The summed E-state index contributed by atoms with van der Waals surface area (Å²) in [6.45, 7) is 3.23. The van der Waals surface area contributed by atoms with Gasteiger partial charge >= 0.3 is 0 Å². The maximum atomic E-state index is 3.53. The SMILES string of the molecule is Cc1ccc2c(c1)CC(c1cccs1)CN2. The first-order chi connectivity index (χ1) is 7.83. The Morgan fingerprint density at radius 2 is 2.25 bits per heavy atom. The molecule has 1 aromatic carbocycles. The van der Waals surface area contributed by atoms with Crippen molar-refractivity contribution in [2.75, 3.05) is 11.9 Å². The molecule has 3 rings (SSSR count). The van der Waals surface area contributed by atoms with E-state index in [1.165, 1.54) is 28.1 Å². The molecule has 2 aromatic rings. The van der Waals surface area contributed by atoms with Crippen LogP contribution in [0.25, 0.3) is 0 Å². The molecule has 1 aliphatic rings. The second-order valence-corrected chi connectivity index (χ2v) is 5.44. The Bertz CT molecular complexity index is 487. The van der Waals surface area contributed by atoms with E-state index in [-0.39, 0.29) is 0 Å². The Morgan fingerprint density at radius 1 is 1.31 bits per heavy atom. The molecule has 82 valence electrons. The normalized spacial score (nSPS) is 18.9. The van der Waals surface area contributed by atoms with Crippen LogP contribution in [0.1, 0.15) is 21.9 Å². The van der Waals surface area contributed by atoms with E-state index < -0.39 is 0 Å². The Morgan fingerprint density at radius 3 is 3.06 bits per heavy atom. The van der Waals surface area contributed by atoms with Gasteiger partial charge in [0, 0.05) is 23.0 Å². The summed E-state index contributed by atoms with van der Waals surface area (Å²) < 4.78 is 0. The molecule has 1 aliphatic heterocycles.